The zero-order valence-corrected chi connectivity index (χ0v) is 13.6. The number of imidazole rings is 1. The standard InChI is InChI=1S/C18H18N4S/c1-2-14(6-19-4-1)17-7-20-18-16-11-21(8-13-3-5-23-12-13)9-15(16)10-22(17)18/h1-7,12,15-16H,8-11H2/t15-,16-/m0/s1. The van der Waals surface area contributed by atoms with Crippen LogP contribution in [0.5, 0.6) is 0 Å². The van der Waals surface area contributed by atoms with Gasteiger partial charge in [0.1, 0.15) is 5.82 Å². The molecule has 5 heterocycles. The Balaban J connectivity index is 1.39. The van der Waals surface area contributed by atoms with E-state index in [0.717, 1.165) is 19.6 Å². The van der Waals surface area contributed by atoms with Crippen molar-refractivity contribution in [2.24, 2.45) is 5.92 Å². The van der Waals surface area contributed by atoms with Gasteiger partial charge >= 0.3 is 0 Å². The van der Waals surface area contributed by atoms with E-state index in [1.807, 2.05) is 24.7 Å². The highest BCUT2D eigenvalue weighted by atomic mass is 32.1. The number of nitrogens with zero attached hydrogens (tertiary/aromatic N) is 4. The lowest BCUT2D eigenvalue weighted by Crippen LogP contribution is -2.22. The van der Waals surface area contributed by atoms with E-state index in [4.69, 9.17) is 4.98 Å². The number of pyridine rings is 1. The Morgan fingerprint density at radius 1 is 1.17 bits per heavy atom. The highest BCUT2D eigenvalue weighted by Crippen LogP contribution is 2.41. The molecule has 0 aromatic carbocycles. The number of fused-ring (bicyclic) bond motifs is 3. The monoisotopic (exact) mass is 322 g/mol. The van der Waals surface area contributed by atoms with Gasteiger partial charge in [0.05, 0.1) is 11.9 Å². The Bertz CT molecular complexity index is 809. The van der Waals surface area contributed by atoms with Crippen LogP contribution in [0.25, 0.3) is 11.3 Å². The predicted molar refractivity (Wildman–Crippen MR) is 91.3 cm³/mol. The molecule has 0 bridgehead atoms. The fourth-order valence-corrected chi connectivity index (χ4v) is 4.72. The molecule has 0 aliphatic carbocycles. The summed E-state index contributed by atoms with van der Waals surface area (Å²) < 4.78 is 2.41. The molecule has 2 atom stereocenters. The van der Waals surface area contributed by atoms with Crippen LogP contribution < -0.4 is 0 Å². The molecule has 23 heavy (non-hydrogen) atoms. The van der Waals surface area contributed by atoms with E-state index >= 15 is 0 Å². The van der Waals surface area contributed by atoms with E-state index in [9.17, 15) is 0 Å². The Morgan fingerprint density at radius 2 is 2.17 bits per heavy atom. The van der Waals surface area contributed by atoms with Crippen molar-refractivity contribution in [2.45, 2.75) is 19.0 Å². The van der Waals surface area contributed by atoms with Gasteiger partial charge in [-0.15, -0.1) is 0 Å². The number of rotatable bonds is 3. The third kappa shape index (κ3) is 2.23. The zero-order valence-electron chi connectivity index (χ0n) is 12.8. The molecule has 0 radical (unpaired) electrons. The molecule has 0 saturated carbocycles. The van der Waals surface area contributed by atoms with Gasteiger partial charge in [0.15, 0.2) is 0 Å². The third-order valence-corrected chi connectivity index (χ3v) is 5.83. The number of hydrogen-bond acceptors (Lipinski definition) is 4. The minimum absolute atomic E-state index is 0.582. The largest absolute Gasteiger partial charge is 0.327 e. The summed E-state index contributed by atoms with van der Waals surface area (Å²) in [4.78, 5) is 11.6. The van der Waals surface area contributed by atoms with Crippen LogP contribution in [-0.4, -0.2) is 32.5 Å². The Labute approximate surface area is 139 Å². The minimum Gasteiger partial charge on any atom is -0.327 e. The van der Waals surface area contributed by atoms with Gasteiger partial charge in [-0.05, 0) is 34.5 Å². The summed E-state index contributed by atoms with van der Waals surface area (Å²) in [6.07, 6.45) is 5.77. The van der Waals surface area contributed by atoms with Gasteiger partial charge in [0, 0.05) is 56.0 Å². The minimum atomic E-state index is 0.582. The molecular weight excluding hydrogens is 304 g/mol. The molecule has 1 saturated heterocycles. The molecule has 0 amide bonds. The second-order valence-corrected chi connectivity index (χ2v) is 7.33. The van der Waals surface area contributed by atoms with Crippen molar-refractivity contribution < 1.29 is 0 Å². The highest BCUT2D eigenvalue weighted by molar-refractivity contribution is 7.07. The van der Waals surface area contributed by atoms with Crippen molar-refractivity contribution in [3.05, 3.63) is 58.9 Å². The molecule has 0 unspecified atom stereocenters. The summed E-state index contributed by atoms with van der Waals surface area (Å²) in [6, 6.07) is 6.35. The summed E-state index contributed by atoms with van der Waals surface area (Å²) in [6.45, 7) is 4.47. The van der Waals surface area contributed by atoms with E-state index in [1.165, 1.54) is 29.2 Å². The van der Waals surface area contributed by atoms with E-state index < -0.39 is 0 Å². The van der Waals surface area contributed by atoms with E-state index in [2.05, 4.69) is 37.3 Å². The summed E-state index contributed by atoms with van der Waals surface area (Å²) in [7, 11) is 0. The van der Waals surface area contributed by atoms with Crippen LogP contribution in [0.3, 0.4) is 0 Å². The molecule has 2 aliphatic heterocycles. The lowest BCUT2D eigenvalue weighted by Gasteiger charge is -2.16. The van der Waals surface area contributed by atoms with E-state index in [0.29, 0.717) is 11.8 Å². The van der Waals surface area contributed by atoms with Crippen LogP contribution in [0.15, 0.2) is 47.5 Å². The predicted octanol–water partition coefficient (Wildman–Crippen LogP) is 3.24. The molecular formula is C18H18N4S. The Kier molecular flexibility index (Phi) is 3.09. The van der Waals surface area contributed by atoms with Gasteiger partial charge in [-0.2, -0.15) is 11.3 Å². The quantitative estimate of drug-likeness (QED) is 0.742. The topological polar surface area (TPSA) is 34.0 Å². The van der Waals surface area contributed by atoms with Crippen molar-refractivity contribution in [1.82, 2.24) is 19.4 Å². The molecule has 116 valence electrons. The molecule has 3 aromatic heterocycles. The smallest absolute Gasteiger partial charge is 0.113 e. The van der Waals surface area contributed by atoms with E-state index in [-0.39, 0.29) is 0 Å². The van der Waals surface area contributed by atoms with Crippen molar-refractivity contribution in [3.8, 4) is 11.3 Å². The van der Waals surface area contributed by atoms with Gasteiger partial charge in [0.25, 0.3) is 0 Å². The normalized spacial score (nSPS) is 23.1. The van der Waals surface area contributed by atoms with Crippen molar-refractivity contribution in [1.29, 1.82) is 0 Å². The molecule has 5 heteroatoms. The van der Waals surface area contributed by atoms with E-state index in [1.54, 1.807) is 11.3 Å². The Hall–Kier alpha value is -1.98. The zero-order chi connectivity index (χ0) is 15.2. The van der Waals surface area contributed by atoms with Gasteiger partial charge in [-0.25, -0.2) is 4.98 Å². The lowest BCUT2D eigenvalue weighted by atomic mass is 9.99. The first-order valence-electron chi connectivity index (χ1n) is 8.08. The van der Waals surface area contributed by atoms with Gasteiger partial charge < -0.3 is 4.57 Å². The summed E-state index contributed by atoms with van der Waals surface area (Å²) in [5.41, 5.74) is 3.82. The maximum atomic E-state index is 4.76. The Morgan fingerprint density at radius 3 is 3.00 bits per heavy atom. The number of thiophene rings is 1. The fourth-order valence-electron chi connectivity index (χ4n) is 4.07. The molecule has 3 aromatic rings. The number of likely N-dealkylation sites (tertiary alicyclic amines) is 1. The van der Waals surface area contributed by atoms with Crippen LogP contribution in [-0.2, 0) is 13.1 Å². The molecule has 5 rings (SSSR count). The first-order chi connectivity index (χ1) is 11.4. The van der Waals surface area contributed by atoms with Crippen LogP contribution in [0.1, 0.15) is 17.3 Å². The average molecular weight is 322 g/mol. The number of hydrogen-bond donors (Lipinski definition) is 0. The van der Waals surface area contributed by atoms with Crippen molar-refractivity contribution in [3.63, 3.8) is 0 Å². The highest BCUT2D eigenvalue weighted by Gasteiger charge is 2.42. The molecule has 0 spiro atoms. The maximum absolute atomic E-state index is 4.76. The second kappa shape index (κ2) is 5.28. The summed E-state index contributed by atoms with van der Waals surface area (Å²) in [5.74, 6) is 2.55. The van der Waals surface area contributed by atoms with Gasteiger partial charge in [0.2, 0.25) is 0 Å². The summed E-state index contributed by atoms with van der Waals surface area (Å²) in [5, 5.41) is 4.43. The average Bonchev–Trinajstić information content (AvgIpc) is 3.31. The maximum Gasteiger partial charge on any atom is 0.113 e. The van der Waals surface area contributed by atoms with Crippen LogP contribution >= 0.6 is 11.3 Å². The fraction of sp³-hybridized carbons (Fsp3) is 0.333. The number of aromatic nitrogens is 3. The molecule has 1 fully saturated rings. The second-order valence-electron chi connectivity index (χ2n) is 6.55. The first-order valence-corrected chi connectivity index (χ1v) is 9.02. The van der Waals surface area contributed by atoms with Crippen molar-refractivity contribution in [2.75, 3.05) is 13.1 Å². The van der Waals surface area contributed by atoms with Crippen LogP contribution in [0, 0.1) is 5.92 Å². The molecule has 4 nitrogen and oxygen atoms in total. The van der Waals surface area contributed by atoms with Gasteiger partial charge in [-0.3, -0.25) is 9.88 Å². The van der Waals surface area contributed by atoms with Gasteiger partial charge in [-0.1, -0.05) is 0 Å². The molecule has 0 N–H and O–H groups in total. The van der Waals surface area contributed by atoms with Crippen LogP contribution in [0.4, 0.5) is 0 Å². The SMILES string of the molecule is c1cncc(-c2cnc3n2C[C@@H]2CN(Cc4ccsc4)C[C@H]32)c1. The molecule has 2 aliphatic rings. The van der Waals surface area contributed by atoms with Crippen LogP contribution in [0.2, 0.25) is 0 Å². The third-order valence-electron chi connectivity index (χ3n) is 5.10. The first kappa shape index (κ1) is 13.5. The van der Waals surface area contributed by atoms with Crippen molar-refractivity contribution >= 4 is 11.3 Å². The lowest BCUT2D eigenvalue weighted by molar-refractivity contribution is 0.307. The summed E-state index contributed by atoms with van der Waals surface area (Å²) >= 11 is 1.78.